The molecule has 5 nitrogen and oxygen atoms in total. The molecule has 0 aromatic heterocycles. The number of sulfonamides is 1. The van der Waals surface area contributed by atoms with E-state index >= 15 is 0 Å². The van der Waals surface area contributed by atoms with Crippen LogP contribution in [-0.4, -0.2) is 14.7 Å². The smallest absolute Gasteiger partial charge is 0.238 e. The molecule has 112 valence electrons. The first-order valence-electron chi connectivity index (χ1n) is 6.06. The van der Waals surface area contributed by atoms with Gasteiger partial charge in [-0.25, -0.2) is 13.6 Å². The van der Waals surface area contributed by atoms with Gasteiger partial charge >= 0.3 is 0 Å². The summed E-state index contributed by atoms with van der Waals surface area (Å²) in [5, 5.41) is 5.19. The molecule has 0 atom stereocenters. The van der Waals surface area contributed by atoms with E-state index in [2.05, 4.69) is 0 Å². The summed E-state index contributed by atoms with van der Waals surface area (Å²) in [7, 11) is -3.84. The molecule has 0 spiro atoms. The van der Waals surface area contributed by atoms with E-state index in [1.807, 2.05) is 30.5 Å². The summed E-state index contributed by atoms with van der Waals surface area (Å²) in [5.74, 6) is 0.970. The van der Waals surface area contributed by atoms with E-state index in [9.17, 15) is 8.42 Å². The number of hydrogen-bond donors (Lipinski definition) is 2. The molecule has 0 aliphatic heterocycles. The van der Waals surface area contributed by atoms with Crippen LogP contribution in [0.2, 0.25) is 0 Å². The van der Waals surface area contributed by atoms with Crippen molar-refractivity contribution in [3.8, 4) is 11.5 Å². The average Bonchev–Trinajstić information content (AvgIpc) is 2.42. The highest BCUT2D eigenvalue weighted by Gasteiger charge is 2.16. The molecule has 7 heteroatoms. The summed E-state index contributed by atoms with van der Waals surface area (Å²) in [6, 6.07) is 10.4. The monoisotopic (exact) mass is 324 g/mol. The minimum Gasteiger partial charge on any atom is -0.457 e. The molecule has 21 heavy (non-hydrogen) atoms. The van der Waals surface area contributed by atoms with E-state index < -0.39 is 10.0 Å². The number of nitrogens with two attached hydrogens (primary N) is 2. The minimum atomic E-state index is -3.84. The lowest BCUT2D eigenvalue weighted by molar-refractivity contribution is 0.476. The zero-order valence-electron chi connectivity index (χ0n) is 11.7. The van der Waals surface area contributed by atoms with Crippen molar-refractivity contribution in [2.24, 2.45) is 5.14 Å². The fourth-order valence-corrected chi connectivity index (χ4v) is 3.09. The highest BCUT2D eigenvalue weighted by atomic mass is 32.2. The molecule has 0 unspecified atom stereocenters. The van der Waals surface area contributed by atoms with Gasteiger partial charge in [-0.3, -0.25) is 0 Å². The fraction of sp³-hybridized carbons (Fsp3) is 0.143. The zero-order valence-corrected chi connectivity index (χ0v) is 13.3. The highest BCUT2D eigenvalue weighted by Crippen LogP contribution is 2.32. The third-order valence-electron chi connectivity index (χ3n) is 2.93. The third-order valence-corrected chi connectivity index (χ3v) is 4.71. The number of ether oxygens (including phenoxy) is 1. The van der Waals surface area contributed by atoms with Crippen LogP contribution in [0.25, 0.3) is 0 Å². The SMILES string of the molecule is CSc1ccc(Oc2cc(N)cc(S(N)(=O)=O)c2C)cc1. The number of hydrogen-bond acceptors (Lipinski definition) is 5. The normalized spacial score (nSPS) is 11.4. The molecule has 0 heterocycles. The van der Waals surface area contributed by atoms with Crippen molar-refractivity contribution in [2.75, 3.05) is 12.0 Å². The van der Waals surface area contributed by atoms with Crippen LogP contribution >= 0.6 is 11.8 Å². The first kappa shape index (κ1) is 15.7. The molecule has 2 rings (SSSR count). The number of rotatable bonds is 4. The average molecular weight is 324 g/mol. The predicted molar refractivity (Wildman–Crippen MR) is 85.3 cm³/mol. The van der Waals surface area contributed by atoms with Crippen LogP contribution in [-0.2, 0) is 10.0 Å². The zero-order chi connectivity index (χ0) is 15.6. The van der Waals surface area contributed by atoms with Gasteiger partial charge in [0.15, 0.2) is 0 Å². The van der Waals surface area contributed by atoms with Crippen LogP contribution in [0, 0.1) is 6.92 Å². The Morgan fingerprint density at radius 3 is 2.29 bits per heavy atom. The van der Waals surface area contributed by atoms with Crippen molar-refractivity contribution >= 4 is 27.5 Å². The van der Waals surface area contributed by atoms with Gasteiger partial charge in [0.05, 0.1) is 4.90 Å². The summed E-state index contributed by atoms with van der Waals surface area (Å²) in [6.45, 7) is 1.63. The van der Waals surface area contributed by atoms with Gasteiger partial charge < -0.3 is 10.5 Å². The molecule has 4 N–H and O–H groups in total. The summed E-state index contributed by atoms with van der Waals surface area (Å²) in [6.07, 6.45) is 1.98. The van der Waals surface area contributed by atoms with Gasteiger partial charge in [-0.05, 0) is 43.5 Å². The first-order chi connectivity index (χ1) is 9.81. The van der Waals surface area contributed by atoms with Crippen molar-refractivity contribution in [3.63, 3.8) is 0 Å². The van der Waals surface area contributed by atoms with E-state index in [1.54, 1.807) is 24.8 Å². The Bertz CT molecular complexity index is 757. The Balaban J connectivity index is 2.42. The molecule has 2 aromatic rings. The topological polar surface area (TPSA) is 95.4 Å². The van der Waals surface area contributed by atoms with Gasteiger partial charge in [0, 0.05) is 22.2 Å². The Morgan fingerprint density at radius 2 is 1.76 bits per heavy atom. The Labute approximate surface area is 128 Å². The van der Waals surface area contributed by atoms with Crippen molar-refractivity contribution < 1.29 is 13.2 Å². The number of anilines is 1. The Hall–Kier alpha value is -1.70. The lowest BCUT2D eigenvalue weighted by Crippen LogP contribution is -2.14. The van der Waals surface area contributed by atoms with Gasteiger partial charge in [0.25, 0.3) is 0 Å². The van der Waals surface area contributed by atoms with Crippen LogP contribution in [0.4, 0.5) is 5.69 Å². The van der Waals surface area contributed by atoms with Crippen LogP contribution in [0.15, 0.2) is 46.2 Å². The van der Waals surface area contributed by atoms with Crippen molar-refractivity contribution in [1.29, 1.82) is 0 Å². The maximum Gasteiger partial charge on any atom is 0.238 e. The second kappa shape index (κ2) is 5.97. The van der Waals surface area contributed by atoms with Crippen molar-refractivity contribution in [3.05, 3.63) is 42.0 Å². The van der Waals surface area contributed by atoms with Gasteiger partial charge in [0.2, 0.25) is 10.0 Å². The molecule has 0 aliphatic rings. The largest absolute Gasteiger partial charge is 0.457 e. The second-order valence-corrected chi connectivity index (χ2v) is 6.87. The summed E-state index contributed by atoms with van der Waals surface area (Å²) in [4.78, 5) is 1.08. The standard InChI is InChI=1S/C14H16N2O3S2/c1-9-13(7-10(15)8-14(9)21(16,17)18)19-11-3-5-12(20-2)6-4-11/h3-8H,15H2,1-2H3,(H2,16,17,18). The Morgan fingerprint density at radius 1 is 1.14 bits per heavy atom. The third kappa shape index (κ3) is 3.69. The van der Waals surface area contributed by atoms with Gasteiger partial charge in [-0.2, -0.15) is 0 Å². The molecular formula is C14H16N2O3S2. The van der Waals surface area contributed by atoms with Crippen LogP contribution in [0.5, 0.6) is 11.5 Å². The molecule has 2 aromatic carbocycles. The molecule has 0 fully saturated rings. The molecule has 0 radical (unpaired) electrons. The van der Waals surface area contributed by atoms with Gasteiger partial charge in [-0.15, -0.1) is 11.8 Å². The number of primary sulfonamides is 1. The van der Waals surface area contributed by atoms with Crippen molar-refractivity contribution in [1.82, 2.24) is 0 Å². The molecule has 0 bridgehead atoms. The van der Waals surface area contributed by atoms with Gasteiger partial charge in [0.1, 0.15) is 11.5 Å². The summed E-state index contributed by atoms with van der Waals surface area (Å²) >= 11 is 1.62. The first-order valence-corrected chi connectivity index (χ1v) is 8.83. The van der Waals surface area contributed by atoms with E-state index in [4.69, 9.17) is 15.6 Å². The lowest BCUT2D eigenvalue weighted by Gasteiger charge is -2.13. The fourth-order valence-electron chi connectivity index (χ4n) is 1.85. The molecule has 0 saturated heterocycles. The van der Waals surface area contributed by atoms with Crippen molar-refractivity contribution in [2.45, 2.75) is 16.7 Å². The number of thioether (sulfide) groups is 1. The van der Waals surface area contributed by atoms with Crippen LogP contribution in [0.1, 0.15) is 5.56 Å². The predicted octanol–water partition coefficient (Wildman–Crippen LogP) is 2.74. The second-order valence-electron chi connectivity index (χ2n) is 4.46. The Kier molecular flexibility index (Phi) is 4.46. The molecule has 0 saturated carbocycles. The van der Waals surface area contributed by atoms with Crippen LogP contribution in [0.3, 0.4) is 0 Å². The number of benzene rings is 2. The minimum absolute atomic E-state index is 0.0294. The van der Waals surface area contributed by atoms with E-state index in [0.717, 1.165) is 4.90 Å². The van der Waals surface area contributed by atoms with Crippen LogP contribution < -0.4 is 15.6 Å². The molecule has 0 amide bonds. The van der Waals surface area contributed by atoms with E-state index in [0.29, 0.717) is 17.1 Å². The highest BCUT2D eigenvalue weighted by molar-refractivity contribution is 7.98. The number of nitrogen functional groups attached to an aromatic ring is 1. The van der Waals surface area contributed by atoms with Gasteiger partial charge in [-0.1, -0.05) is 0 Å². The van der Waals surface area contributed by atoms with E-state index in [-0.39, 0.29) is 10.6 Å². The molecular weight excluding hydrogens is 308 g/mol. The quantitative estimate of drug-likeness (QED) is 0.666. The maximum absolute atomic E-state index is 11.6. The van der Waals surface area contributed by atoms with E-state index in [1.165, 1.54) is 6.07 Å². The maximum atomic E-state index is 11.6. The summed E-state index contributed by atoms with van der Waals surface area (Å²) in [5.41, 5.74) is 6.43. The lowest BCUT2D eigenvalue weighted by atomic mass is 10.2. The molecule has 0 aliphatic carbocycles. The summed E-state index contributed by atoms with van der Waals surface area (Å²) < 4.78 is 28.8.